The van der Waals surface area contributed by atoms with E-state index in [-0.39, 0.29) is 11.3 Å². The van der Waals surface area contributed by atoms with Crippen molar-refractivity contribution in [3.8, 4) is 5.75 Å². The molecule has 0 unspecified atom stereocenters. The molecule has 0 N–H and O–H groups in total. The summed E-state index contributed by atoms with van der Waals surface area (Å²) in [4.78, 5) is 16.9. The Morgan fingerprint density at radius 1 is 0.926 bits per heavy atom. The molecule has 0 spiro atoms. The second-order valence-electron chi connectivity index (χ2n) is 8.19. The fourth-order valence-electron chi connectivity index (χ4n) is 3.42. The molecule has 1 fully saturated rings. The fourth-order valence-corrected chi connectivity index (χ4v) is 3.42. The minimum absolute atomic E-state index is 0.172. The number of benzene rings is 2. The Bertz CT molecular complexity index is 752. The first-order valence-corrected chi connectivity index (χ1v) is 9.63. The Hall–Kier alpha value is -2.49. The number of carbonyl (C=O) groups excluding carboxylic acids is 1. The topological polar surface area (TPSA) is 32.8 Å². The highest BCUT2D eigenvalue weighted by atomic mass is 16.5. The van der Waals surface area contributed by atoms with E-state index >= 15 is 0 Å². The first-order chi connectivity index (χ1) is 12.9. The molecule has 4 nitrogen and oxygen atoms in total. The minimum atomic E-state index is 0.172. The number of methoxy groups -OCH3 is 1. The van der Waals surface area contributed by atoms with Crippen LogP contribution in [0.3, 0.4) is 0 Å². The number of hydrogen-bond donors (Lipinski definition) is 0. The SMILES string of the molecule is COc1ccc(CC(=O)N2CCN(c3ccc(C(C)(C)C)cc3)CC2)cc1. The number of piperazine rings is 1. The maximum absolute atomic E-state index is 12.6. The van der Waals surface area contributed by atoms with E-state index in [2.05, 4.69) is 49.9 Å². The number of amides is 1. The molecule has 0 aliphatic carbocycles. The lowest BCUT2D eigenvalue weighted by Gasteiger charge is -2.36. The van der Waals surface area contributed by atoms with Gasteiger partial charge < -0.3 is 14.5 Å². The van der Waals surface area contributed by atoms with Crippen molar-refractivity contribution in [3.63, 3.8) is 0 Å². The van der Waals surface area contributed by atoms with Gasteiger partial charge in [-0.25, -0.2) is 0 Å². The summed E-state index contributed by atoms with van der Waals surface area (Å²) in [5.41, 5.74) is 3.79. The van der Waals surface area contributed by atoms with Crippen LogP contribution in [0.25, 0.3) is 0 Å². The van der Waals surface area contributed by atoms with E-state index in [9.17, 15) is 4.79 Å². The van der Waals surface area contributed by atoms with Crippen molar-refractivity contribution in [2.24, 2.45) is 0 Å². The molecule has 1 aliphatic heterocycles. The summed E-state index contributed by atoms with van der Waals surface area (Å²) in [6.45, 7) is 10.00. The summed E-state index contributed by atoms with van der Waals surface area (Å²) in [6, 6.07) is 16.6. The van der Waals surface area contributed by atoms with E-state index in [4.69, 9.17) is 4.74 Å². The van der Waals surface area contributed by atoms with E-state index in [1.54, 1.807) is 7.11 Å². The Labute approximate surface area is 162 Å². The van der Waals surface area contributed by atoms with Crippen LogP contribution in [0.4, 0.5) is 5.69 Å². The van der Waals surface area contributed by atoms with E-state index in [1.807, 2.05) is 29.2 Å². The first kappa shape index (κ1) is 19.3. The monoisotopic (exact) mass is 366 g/mol. The molecule has 0 saturated carbocycles. The fraction of sp³-hybridized carbons (Fsp3) is 0.435. The van der Waals surface area contributed by atoms with Crippen LogP contribution in [0.1, 0.15) is 31.9 Å². The second kappa shape index (κ2) is 8.03. The van der Waals surface area contributed by atoms with Gasteiger partial charge in [0.25, 0.3) is 0 Å². The van der Waals surface area contributed by atoms with Crippen LogP contribution in [0.2, 0.25) is 0 Å². The van der Waals surface area contributed by atoms with Crippen molar-refractivity contribution in [1.29, 1.82) is 0 Å². The maximum atomic E-state index is 12.6. The lowest BCUT2D eigenvalue weighted by molar-refractivity contribution is -0.130. The Morgan fingerprint density at radius 2 is 1.52 bits per heavy atom. The smallest absolute Gasteiger partial charge is 0.227 e. The van der Waals surface area contributed by atoms with Gasteiger partial charge in [0, 0.05) is 31.9 Å². The third-order valence-electron chi connectivity index (χ3n) is 5.25. The molecule has 0 atom stereocenters. The third kappa shape index (κ3) is 4.82. The van der Waals surface area contributed by atoms with Gasteiger partial charge in [-0.05, 0) is 40.8 Å². The first-order valence-electron chi connectivity index (χ1n) is 9.63. The third-order valence-corrected chi connectivity index (χ3v) is 5.25. The van der Waals surface area contributed by atoms with Gasteiger partial charge in [0.2, 0.25) is 5.91 Å². The Morgan fingerprint density at radius 3 is 2.04 bits per heavy atom. The molecule has 2 aromatic carbocycles. The summed E-state index contributed by atoms with van der Waals surface area (Å²) in [5.74, 6) is 1.01. The highest BCUT2D eigenvalue weighted by Gasteiger charge is 2.22. The molecule has 1 saturated heterocycles. The largest absolute Gasteiger partial charge is 0.497 e. The van der Waals surface area contributed by atoms with Gasteiger partial charge in [0.05, 0.1) is 13.5 Å². The average molecular weight is 367 g/mol. The summed E-state index contributed by atoms with van der Waals surface area (Å²) in [5, 5.41) is 0. The van der Waals surface area contributed by atoms with Gasteiger partial charge >= 0.3 is 0 Å². The number of carbonyl (C=O) groups is 1. The Balaban J connectivity index is 1.54. The number of nitrogens with zero attached hydrogens (tertiary/aromatic N) is 2. The highest BCUT2D eigenvalue weighted by molar-refractivity contribution is 5.79. The zero-order chi connectivity index (χ0) is 19.4. The van der Waals surface area contributed by atoms with Crippen molar-refractivity contribution in [2.75, 3.05) is 38.2 Å². The maximum Gasteiger partial charge on any atom is 0.227 e. The van der Waals surface area contributed by atoms with Gasteiger partial charge in [0.1, 0.15) is 5.75 Å². The molecule has 1 heterocycles. The molecule has 4 heteroatoms. The van der Waals surface area contributed by atoms with Crippen LogP contribution in [0.15, 0.2) is 48.5 Å². The number of anilines is 1. The van der Waals surface area contributed by atoms with Crippen LogP contribution in [0, 0.1) is 0 Å². The van der Waals surface area contributed by atoms with E-state index in [0.717, 1.165) is 37.5 Å². The number of ether oxygens (including phenoxy) is 1. The molecule has 144 valence electrons. The molecule has 3 rings (SSSR count). The average Bonchev–Trinajstić information content (AvgIpc) is 2.68. The van der Waals surface area contributed by atoms with Gasteiger partial charge in [-0.15, -0.1) is 0 Å². The summed E-state index contributed by atoms with van der Waals surface area (Å²) in [7, 11) is 1.65. The van der Waals surface area contributed by atoms with Crippen molar-refractivity contribution in [2.45, 2.75) is 32.6 Å². The molecule has 27 heavy (non-hydrogen) atoms. The number of hydrogen-bond acceptors (Lipinski definition) is 3. The lowest BCUT2D eigenvalue weighted by atomic mass is 9.87. The lowest BCUT2D eigenvalue weighted by Crippen LogP contribution is -2.49. The quantitative estimate of drug-likeness (QED) is 0.823. The summed E-state index contributed by atoms with van der Waals surface area (Å²) >= 11 is 0. The van der Waals surface area contributed by atoms with E-state index < -0.39 is 0 Å². The van der Waals surface area contributed by atoms with Crippen LogP contribution in [-0.4, -0.2) is 44.1 Å². The predicted octanol–water partition coefficient (Wildman–Crippen LogP) is 3.88. The Kier molecular flexibility index (Phi) is 5.73. The van der Waals surface area contributed by atoms with Crippen LogP contribution < -0.4 is 9.64 Å². The van der Waals surface area contributed by atoms with Crippen LogP contribution >= 0.6 is 0 Å². The van der Waals surface area contributed by atoms with Crippen molar-refractivity contribution >= 4 is 11.6 Å². The predicted molar refractivity (Wildman–Crippen MR) is 111 cm³/mol. The van der Waals surface area contributed by atoms with Gasteiger partial charge in [-0.2, -0.15) is 0 Å². The second-order valence-corrected chi connectivity index (χ2v) is 8.19. The van der Waals surface area contributed by atoms with Crippen molar-refractivity contribution < 1.29 is 9.53 Å². The minimum Gasteiger partial charge on any atom is -0.497 e. The zero-order valence-electron chi connectivity index (χ0n) is 16.9. The molecule has 1 amide bonds. The van der Waals surface area contributed by atoms with Gasteiger partial charge in [-0.3, -0.25) is 4.79 Å². The van der Waals surface area contributed by atoms with E-state index in [0.29, 0.717) is 6.42 Å². The molecule has 1 aliphatic rings. The molecule has 0 aromatic heterocycles. The highest BCUT2D eigenvalue weighted by Crippen LogP contribution is 2.25. The molecular formula is C23H30N2O2. The number of rotatable bonds is 4. The van der Waals surface area contributed by atoms with Crippen LogP contribution in [0.5, 0.6) is 5.75 Å². The van der Waals surface area contributed by atoms with Crippen molar-refractivity contribution in [1.82, 2.24) is 4.90 Å². The summed E-state index contributed by atoms with van der Waals surface area (Å²) < 4.78 is 5.17. The summed E-state index contributed by atoms with van der Waals surface area (Å²) in [6.07, 6.45) is 0.449. The molecule has 0 bridgehead atoms. The molecule has 2 aromatic rings. The molecular weight excluding hydrogens is 336 g/mol. The molecule has 0 radical (unpaired) electrons. The van der Waals surface area contributed by atoms with E-state index in [1.165, 1.54) is 11.3 Å². The normalized spacial score (nSPS) is 15.0. The standard InChI is InChI=1S/C23H30N2O2/c1-23(2,3)19-7-9-20(10-8-19)24-13-15-25(16-14-24)22(26)17-18-5-11-21(27-4)12-6-18/h5-12H,13-17H2,1-4H3. The van der Waals surface area contributed by atoms with Gasteiger partial charge in [-0.1, -0.05) is 45.0 Å². The zero-order valence-corrected chi connectivity index (χ0v) is 16.9. The van der Waals surface area contributed by atoms with Crippen molar-refractivity contribution in [3.05, 3.63) is 59.7 Å². The van der Waals surface area contributed by atoms with Gasteiger partial charge in [0.15, 0.2) is 0 Å². The van der Waals surface area contributed by atoms with Crippen LogP contribution in [-0.2, 0) is 16.6 Å².